The van der Waals surface area contributed by atoms with Crippen LogP contribution in [0.25, 0.3) is 0 Å². The second kappa shape index (κ2) is 11.4. The fourth-order valence-corrected chi connectivity index (χ4v) is 2.36. The fraction of sp³-hybridized carbons (Fsp3) is 0.526. The molecule has 150 valence electrons. The topological polar surface area (TPSA) is 102 Å². The molecule has 7 nitrogen and oxygen atoms in total. The second-order valence-corrected chi connectivity index (χ2v) is 6.88. The normalized spacial score (nSPS) is 12.9. The van der Waals surface area contributed by atoms with E-state index in [4.69, 9.17) is 26.2 Å². The number of benzene rings is 1. The summed E-state index contributed by atoms with van der Waals surface area (Å²) in [6.07, 6.45) is -0.924. The molecule has 0 aromatic heterocycles. The van der Waals surface area contributed by atoms with E-state index in [1.165, 1.54) is 0 Å². The molecule has 0 fully saturated rings. The molecule has 0 aliphatic heterocycles. The molecule has 0 spiro atoms. The molecule has 0 radical (unpaired) electrons. The van der Waals surface area contributed by atoms with Crippen LogP contribution in [0.3, 0.4) is 0 Å². The Bertz CT molecular complexity index is 632. The molecular formula is C19H26ClNO6. The van der Waals surface area contributed by atoms with Crippen molar-refractivity contribution in [2.24, 2.45) is 5.92 Å². The van der Waals surface area contributed by atoms with Crippen molar-refractivity contribution in [1.82, 2.24) is 5.32 Å². The fourth-order valence-electron chi connectivity index (χ4n) is 2.23. The Morgan fingerprint density at radius 1 is 1.19 bits per heavy atom. The van der Waals surface area contributed by atoms with E-state index in [9.17, 15) is 14.4 Å². The number of rotatable bonds is 10. The van der Waals surface area contributed by atoms with Gasteiger partial charge in [0.2, 0.25) is 0 Å². The first kappa shape index (κ1) is 22.8. The number of ether oxygens (including phenoxy) is 2. The number of aliphatic carboxylic acids is 1. The van der Waals surface area contributed by atoms with Crippen LogP contribution in [0.15, 0.2) is 24.3 Å². The summed E-state index contributed by atoms with van der Waals surface area (Å²) >= 11 is 5.85. The van der Waals surface area contributed by atoms with Gasteiger partial charge in [0.05, 0.1) is 12.3 Å². The smallest absolute Gasteiger partial charge is 0.407 e. The van der Waals surface area contributed by atoms with Gasteiger partial charge < -0.3 is 19.9 Å². The van der Waals surface area contributed by atoms with E-state index in [2.05, 4.69) is 5.32 Å². The summed E-state index contributed by atoms with van der Waals surface area (Å²) in [6, 6.07) is 6.78. The summed E-state index contributed by atoms with van der Waals surface area (Å²) in [5.74, 6) is -2.02. The highest BCUT2D eigenvalue weighted by molar-refractivity contribution is 6.30. The predicted octanol–water partition coefficient (Wildman–Crippen LogP) is 3.60. The van der Waals surface area contributed by atoms with Crippen molar-refractivity contribution in [3.63, 3.8) is 0 Å². The van der Waals surface area contributed by atoms with E-state index in [0.29, 0.717) is 11.4 Å². The Kier molecular flexibility index (Phi) is 9.64. The zero-order chi connectivity index (χ0) is 20.4. The number of halogens is 1. The van der Waals surface area contributed by atoms with Crippen LogP contribution in [-0.4, -0.2) is 42.4 Å². The van der Waals surface area contributed by atoms with E-state index in [1.54, 1.807) is 38.1 Å². The minimum Gasteiger partial charge on any atom is -0.481 e. The largest absolute Gasteiger partial charge is 0.481 e. The average molecular weight is 400 g/mol. The lowest BCUT2D eigenvalue weighted by molar-refractivity contribution is -0.150. The van der Waals surface area contributed by atoms with E-state index in [-0.39, 0.29) is 31.5 Å². The van der Waals surface area contributed by atoms with Gasteiger partial charge in [0.1, 0.15) is 12.7 Å². The lowest BCUT2D eigenvalue weighted by atomic mass is 9.96. The van der Waals surface area contributed by atoms with E-state index >= 15 is 0 Å². The van der Waals surface area contributed by atoms with Gasteiger partial charge >= 0.3 is 18.0 Å². The molecule has 8 heteroatoms. The summed E-state index contributed by atoms with van der Waals surface area (Å²) in [7, 11) is 0. The molecule has 1 amide bonds. The third-order valence-corrected chi connectivity index (χ3v) is 4.12. The molecule has 1 unspecified atom stereocenters. The SMILES string of the molecule is CCC(COC(=O)C(C)C)OC(=O)NC[C@H](CC(=O)O)c1ccc(Cl)cc1. The third kappa shape index (κ3) is 8.77. The zero-order valence-electron chi connectivity index (χ0n) is 15.7. The molecule has 0 saturated carbocycles. The maximum atomic E-state index is 12.0. The van der Waals surface area contributed by atoms with Gasteiger partial charge in [-0.15, -0.1) is 0 Å². The highest BCUT2D eigenvalue weighted by atomic mass is 35.5. The second-order valence-electron chi connectivity index (χ2n) is 6.45. The minimum atomic E-state index is -0.975. The standard InChI is InChI=1S/C19H26ClNO6/c1-4-16(11-26-18(24)12(2)3)27-19(25)21-10-14(9-17(22)23)13-5-7-15(20)8-6-13/h5-8,12,14,16H,4,9-11H2,1-3H3,(H,21,25)(H,22,23)/t14-,16?/m0/s1. The first-order valence-electron chi connectivity index (χ1n) is 8.81. The van der Waals surface area contributed by atoms with Gasteiger partial charge in [-0.1, -0.05) is 44.5 Å². The summed E-state index contributed by atoms with van der Waals surface area (Å²) in [5.41, 5.74) is 0.750. The van der Waals surface area contributed by atoms with Crippen LogP contribution in [0.4, 0.5) is 4.79 Å². The summed E-state index contributed by atoms with van der Waals surface area (Å²) in [4.78, 5) is 34.6. The Labute approximate surface area is 164 Å². The molecule has 0 saturated heterocycles. The zero-order valence-corrected chi connectivity index (χ0v) is 16.5. The molecule has 0 aliphatic carbocycles. The van der Waals surface area contributed by atoms with Crippen LogP contribution in [0.2, 0.25) is 5.02 Å². The van der Waals surface area contributed by atoms with Crippen LogP contribution < -0.4 is 5.32 Å². The van der Waals surface area contributed by atoms with Crippen molar-refractivity contribution in [2.75, 3.05) is 13.2 Å². The Morgan fingerprint density at radius 3 is 2.33 bits per heavy atom. The van der Waals surface area contributed by atoms with Gasteiger partial charge in [-0.25, -0.2) is 4.79 Å². The first-order valence-corrected chi connectivity index (χ1v) is 9.19. The van der Waals surface area contributed by atoms with Crippen molar-refractivity contribution in [3.8, 4) is 0 Å². The van der Waals surface area contributed by atoms with Crippen LogP contribution in [0.1, 0.15) is 45.1 Å². The Hall–Kier alpha value is -2.28. The van der Waals surface area contributed by atoms with E-state index in [1.807, 2.05) is 6.92 Å². The molecule has 1 rings (SSSR count). The predicted molar refractivity (Wildman–Crippen MR) is 101 cm³/mol. The minimum absolute atomic E-state index is 0.0172. The number of alkyl carbamates (subject to hydrolysis) is 1. The molecular weight excluding hydrogens is 374 g/mol. The highest BCUT2D eigenvalue weighted by Crippen LogP contribution is 2.21. The number of carboxylic acid groups (broad SMARTS) is 1. The monoisotopic (exact) mass is 399 g/mol. The van der Waals surface area contributed by atoms with Crippen molar-refractivity contribution < 1.29 is 29.0 Å². The molecule has 0 aliphatic rings. The highest BCUT2D eigenvalue weighted by Gasteiger charge is 2.20. The van der Waals surface area contributed by atoms with Gasteiger partial charge in [-0.3, -0.25) is 9.59 Å². The molecule has 2 atom stereocenters. The Balaban J connectivity index is 2.58. The number of amides is 1. The quantitative estimate of drug-likeness (QED) is 0.583. The lowest BCUT2D eigenvalue weighted by Crippen LogP contribution is -2.34. The molecule has 1 aromatic rings. The molecule has 2 N–H and O–H groups in total. The van der Waals surface area contributed by atoms with Crippen LogP contribution in [-0.2, 0) is 19.1 Å². The van der Waals surface area contributed by atoms with Gasteiger partial charge in [0.15, 0.2) is 0 Å². The number of carboxylic acids is 1. The maximum Gasteiger partial charge on any atom is 0.407 e. The number of esters is 1. The van der Waals surface area contributed by atoms with Crippen LogP contribution >= 0.6 is 11.6 Å². The van der Waals surface area contributed by atoms with E-state index in [0.717, 1.165) is 5.56 Å². The summed E-state index contributed by atoms with van der Waals surface area (Å²) in [5, 5.41) is 12.2. The van der Waals surface area contributed by atoms with Gasteiger partial charge in [-0.2, -0.15) is 0 Å². The summed E-state index contributed by atoms with van der Waals surface area (Å²) < 4.78 is 10.3. The van der Waals surface area contributed by atoms with Crippen molar-refractivity contribution in [1.29, 1.82) is 0 Å². The number of carbonyl (C=O) groups excluding carboxylic acids is 2. The first-order chi connectivity index (χ1) is 12.7. The van der Waals surface area contributed by atoms with Crippen molar-refractivity contribution in [3.05, 3.63) is 34.9 Å². The van der Waals surface area contributed by atoms with Gasteiger partial charge in [-0.05, 0) is 24.1 Å². The number of hydrogen-bond acceptors (Lipinski definition) is 5. The van der Waals surface area contributed by atoms with Crippen LogP contribution in [0, 0.1) is 5.92 Å². The number of carbonyl (C=O) groups is 3. The maximum absolute atomic E-state index is 12.0. The van der Waals surface area contributed by atoms with Gasteiger partial charge in [0, 0.05) is 17.5 Å². The van der Waals surface area contributed by atoms with Crippen molar-refractivity contribution >= 4 is 29.6 Å². The Morgan fingerprint density at radius 2 is 1.81 bits per heavy atom. The van der Waals surface area contributed by atoms with Crippen molar-refractivity contribution in [2.45, 2.75) is 45.6 Å². The molecule has 27 heavy (non-hydrogen) atoms. The molecule has 1 aromatic carbocycles. The molecule has 0 heterocycles. The lowest BCUT2D eigenvalue weighted by Gasteiger charge is -2.20. The summed E-state index contributed by atoms with van der Waals surface area (Å²) in [6.45, 7) is 5.32. The molecule has 0 bridgehead atoms. The number of hydrogen-bond donors (Lipinski definition) is 2. The number of nitrogens with one attached hydrogen (secondary N) is 1. The van der Waals surface area contributed by atoms with E-state index < -0.39 is 24.1 Å². The van der Waals surface area contributed by atoms with Crippen LogP contribution in [0.5, 0.6) is 0 Å². The van der Waals surface area contributed by atoms with Gasteiger partial charge in [0.25, 0.3) is 0 Å². The third-order valence-electron chi connectivity index (χ3n) is 3.87. The average Bonchev–Trinajstić information content (AvgIpc) is 2.62.